The lowest BCUT2D eigenvalue weighted by atomic mass is 9.72. The van der Waals surface area contributed by atoms with Crippen molar-refractivity contribution in [3.05, 3.63) is 46.1 Å². The van der Waals surface area contributed by atoms with E-state index in [1.54, 1.807) is 0 Å². The molecule has 2 aromatic heterocycles. The summed E-state index contributed by atoms with van der Waals surface area (Å²) in [5, 5.41) is 13.0. The van der Waals surface area contributed by atoms with Crippen molar-refractivity contribution in [1.82, 2.24) is 4.98 Å². The van der Waals surface area contributed by atoms with E-state index in [-0.39, 0.29) is 5.41 Å². The Hall–Kier alpha value is -2.72. The Kier molecular flexibility index (Phi) is 6.04. The molecule has 3 rings (SSSR count). The van der Waals surface area contributed by atoms with E-state index in [1.165, 1.54) is 47.7 Å². The number of rotatable bonds is 4. The average Bonchev–Trinajstić information content (AvgIpc) is 3.03. The minimum Gasteiger partial charge on any atom is -0.449 e. The topological polar surface area (TPSA) is 92.1 Å². The molecule has 1 amide bonds. The number of carbonyl (C=O) groups is 2. The van der Waals surface area contributed by atoms with Crippen LogP contribution in [0, 0.1) is 22.7 Å². The van der Waals surface area contributed by atoms with Crippen LogP contribution in [-0.4, -0.2) is 23.0 Å². The van der Waals surface area contributed by atoms with E-state index < -0.39 is 18.0 Å². The number of aromatic nitrogens is 1. The number of pyridine rings is 1. The number of ether oxygens (including phenoxy) is 1. The quantitative estimate of drug-likeness (QED) is 0.755. The monoisotopic (exact) mass is 411 g/mol. The number of anilines is 1. The fourth-order valence-electron chi connectivity index (χ4n) is 3.52. The number of nitrogens with one attached hydrogen (secondary N) is 1. The van der Waals surface area contributed by atoms with Gasteiger partial charge in [-0.1, -0.05) is 20.8 Å². The molecule has 1 aliphatic carbocycles. The molecule has 0 spiro atoms. The van der Waals surface area contributed by atoms with Crippen LogP contribution in [0.4, 0.5) is 5.00 Å². The Morgan fingerprint density at radius 2 is 2.03 bits per heavy atom. The van der Waals surface area contributed by atoms with Crippen molar-refractivity contribution in [3.63, 3.8) is 0 Å². The van der Waals surface area contributed by atoms with Gasteiger partial charge in [-0.3, -0.25) is 9.78 Å². The van der Waals surface area contributed by atoms with Gasteiger partial charge in [-0.05, 0) is 55.2 Å². The molecule has 0 bridgehead atoms. The number of esters is 1. The number of nitrogens with zero attached hydrogens (tertiary/aromatic N) is 2. The largest absolute Gasteiger partial charge is 0.449 e. The number of hydrogen-bond acceptors (Lipinski definition) is 6. The maximum absolute atomic E-state index is 12.6. The molecule has 0 aromatic carbocycles. The first-order chi connectivity index (χ1) is 13.7. The minimum absolute atomic E-state index is 0.202. The molecular formula is C22H25N3O3S. The highest BCUT2D eigenvalue weighted by Crippen LogP contribution is 2.44. The lowest BCUT2D eigenvalue weighted by molar-refractivity contribution is -0.123. The highest BCUT2D eigenvalue weighted by atomic mass is 32.1. The van der Waals surface area contributed by atoms with Crippen LogP contribution in [0.5, 0.6) is 0 Å². The van der Waals surface area contributed by atoms with Crippen LogP contribution in [0.2, 0.25) is 0 Å². The summed E-state index contributed by atoms with van der Waals surface area (Å²) in [6.45, 7) is 8.23. The first-order valence-electron chi connectivity index (χ1n) is 9.67. The average molecular weight is 412 g/mol. The SMILES string of the molecule is CC(OC(=O)c1ccncc1)C(=O)Nc1sc2c(c1C#N)CCC(C(C)(C)C)C2. The van der Waals surface area contributed by atoms with Crippen molar-refractivity contribution in [2.24, 2.45) is 11.3 Å². The molecule has 7 heteroatoms. The number of fused-ring (bicyclic) bond motifs is 1. The lowest BCUT2D eigenvalue weighted by Gasteiger charge is -2.33. The zero-order chi connectivity index (χ0) is 21.2. The number of amides is 1. The summed E-state index contributed by atoms with van der Waals surface area (Å²) in [5.41, 5.74) is 2.12. The van der Waals surface area contributed by atoms with Crippen molar-refractivity contribution in [3.8, 4) is 6.07 Å². The number of hydrogen-bond donors (Lipinski definition) is 1. The summed E-state index contributed by atoms with van der Waals surface area (Å²) >= 11 is 1.46. The molecule has 6 nitrogen and oxygen atoms in total. The smallest absolute Gasteiger partial charge is 0.339 e. The molecule has 0 aliphatic heterocycles. The van der Waals surface area contributed by atoms with Crippen LogP contribution in [0.3, 0.4) is 0 Å². The molecule has 1 N–H and O–H groups in total. The van der Waals surface area contributed by atoms with Gasteiger partial charge >= 0.3 is 5.97 Å². The van der Waals surface area contributed by atoms with Gasteiger partial charge in [0.25, 0.3) is 5.91 Å². The second-order valence-electron chi connectivity index (χ2n) is 8.40. The van der Waals surface area contributed by atoms with Crippen molar-refractivity contribution >= 4 is 28.2 Å². The second-order valence-corrected chi connectivity index (χ2v) is 9.50. The summed E-state index contributed by atoms with van der Waals surface area (Å²) in [6.07, 6.45) is 4.79. The highest BCUT2D eigenvalue weighted by Gasteiger charge is 2.32. The third kappa shape index (κ3) is 4.65. The van der Waals surface area contributed by atoms with E-state index in [0.29, 0.717) is 22.0 Å². The normalized spacial score (nSPS) is 17.0. The van der Waals surface area contributed by atoms with E-state index in [4.69, 9.17) is 4.74 Å². The lowest BCUT2D eigenvalue weighted by Crippen LogP contribution is -2.30. The van der Waals surface area contributed by atoms with Crippen LogP contribution in [0.25, 0.3) is 0 Å². The maximum Gasteiger partial charge on any atom is 0.339 e. The van der Waals surface area contributed by atoms with Gasteiger partial charge in [-0.2, -0.15) is 5.26 Å². The van der Waals surface area contributed by atoms with E-state index in [2.05, 4.69) is 37.1 Å². The van der Waals surface area contributed by atoms with Crippen molar-refractivity contribution in [2.75, 3.05) is 5.32 Å². The molecule has 1 aliphatic rings. The summed E-state index contributed by atoms with van der Waals surface area (Å²) in [6, 6.07) is 5.30. The predicted molar refractivity (Wildman–Crippen MR) is 112 cm³/mol. The molecule has 29 heavy (non-hydrogen) atoms. The van der Waals surface area contributed by atoms with Crippen LogP contribution in [0.1, 0.15) is 60.5 Å². The molecular weight excluding hydrogens is 386 g/mol. The third-order valence-corrected chi connectivity index (χ3v) is 6.58. The fraction of sp³-hybridized carbons (Fsp3) is 0.455. The molecule has 0 saturated carbocycles. The summed E-state index contributed by atoms with van der Waals surface area (Å²) in [7, 11) is 0. The van der Waals surface area contributed by atoms with Gasteiger partial charge in [-0.25, -0.2) is 4.79 Å². The molecule has 0 fully saturated rings. The molecule has 2 heterocycles. The Morgan fingerprint density at radius 3 is 2.66 bits per heavy atom. The van der Waals surface area contributed by atoms with Gasteiger partial charge in [0.05, 0.1) is 11.1 Å². The molecule has 2 atom stereocenters. The van der Waals surface area contributed by atoms with E-state index >= 15 is 0 Å². The van der Waals surface area contributed by atoms with Gasteiger partial charge in [0, 0.05) is 17.3 Å². The van der Waals surface area contributed by atoms with Crippen molar-refractivity contribution < 1.29 is 14.3 Å². The number of carbonyl (C=O) groups excluding carboxylic acids is 2. The van der Waals surface area contributed by atoms with E-state index in [9.17, 15) is 14.9 Å². The fourth-order valence-corrected chi connectivity index (χ4v) is 4.80. The van der Waals surface area contributed by atoms with E-state index in [0.717, 1.165) is 24.8 Å². The molecule has 0 radical (unpaired) electrons. The summed E-state index contributed by atoms with van der Waals surface area (Å²) in [5.74, 6) is -0.493. The molecule has 2 aromatic rings. The number of thiophene rings is 1. The number of nitriles is 1. The van der Waals surface area contributed by atoms with Gasteiger partial charge in [0.15, 0.2) is 6.10 Å². The van der Waals surface area contributed by atoms with Crippen LogP contribution in [-0.2, 0) is 22.4 Å². The highest BCUT2D eigenvalue weighted by molar-refractivity contribution is 7.16. The van der Waals surface area contributed by atoms with Crippen LogP contribution in [0.15, 0.2) is 24.5 Å². The predicted octanol–water partition coefficient (Wildman–Crippen LogP) is 4.35. The Balaban J connectivity index is 1.72. The van der Waals surface area contributed by atoms with Crippen molar-refractivity contribution in [2.45, 2.75) is 53.1 Å². The zero-order valence-electron chi connectivity index (χ0n) is 17.1. The maximum atomic E-state index is 12.6. The van der Waals surface area contributed by atoms with E-state index in [1.807, 2.05) is 0 Å². The first kappa shape index (κ1) is 21.0. The van der Waals surface area contributed by atoms with Crippen LogP contribution < -0.4 is 5.32 Å². The molecule has 2 unspecified atom stereocenters. The summed E-state index contributed by atoms with van der Waals surface area (Å²) in [4.78, 5) is 29.7. The van der Waals surface area contributed by atoms with Gasteiger partial charge in [0.2, 0.25) is 0 Å². The Bertz CT molecular complexity index is 954. The Labute approximate surface area is 174 Å². The van der Waals surface area contributed by atoms with Gasteiger partial charge in [0.1, 0.15) is 11.1 Å². The van der Waals surface area contributed by atoms with Gasteiger partial charge in [-0.15, -0.1) is 11.3 Å². The Morgan fingerprint density at radius 1 is 1.34 bits per heavy atom. The zero-order valence-corrected chi connectivity index (χ0v) is 17.9. The third-order valence-electron chi connectivity index (χ3n) is 5.41. The first-order valence-corrected chi connectivity index (χ1v) is 10.5. The second kappa shape index (κ2) is 8.34. The molecule has 152 valence electrons. The minimum atomic E-state index is -0.983. The standard InChI is InChI=1S/C22H25N3O3S/c1-13(28-21(27)14-7-9-24-10-8-14)19(26)25-20-17(12-23)16-6-5-15(22(2,3)4)11-18(16)29-20/h7-10,13,15H,5-6,11H2,1-4H3,(H,25,26). The van der Waals surface area contributed by atoms with Crippen molar-refractivity contribution in [1.29, 1.82) is 5.26 Å². The van der Waals surface area contributed by atoms with Crippen LogP contribution >= 0.6 is 11.3 Å². The van der Waals surface area contributed by atoms with Gasteiger partial charge < -0.3 is 10.1 Å². The molecule has 0 saturated heterocycles. The summed E-state index contributed by atoms with van der Waals surface area (Å²) < 4.78 is 5.25.